The van der Waals surface area contributed by atoms with E-state index >= 15 is 0 Å². The fourth-order valence-corrected chi connectivity index (χ4v) is 3.12. The summed E-state index contributed by atoms with van der Waals surface area (Å²) in [5.41, 5.74) is 3.87. The van der Waals surface area contributed by atoms with Gasteiger partial charge in [-0.2, -0.15) is 0 Å². The van der Waals surface area contributed by atoms with E-state index < -0.39 is 0 Å². The summed E-state index contributed by atoms with van der Waals surface area (Å²) in [6.07, 6.45) is 0. The standard InChI is InChI=1S/C21H18N2O/c24-21-20-14-8-7-9-17(20)15-22(18-10-3-1-4-11-18)16-23(21)19-12-5-2-6-13-19/h1-14H,15-16H2. The molecule has 3 aromatic carbocycles. The van der Waals surface area contributed by atoms with Crippen molar-refractivity contribution in [2.45, 2.75) is 6.54 Å². The van der Waals surface area contributed by atoms with E-state index in [0.29, 0.717) is 6.67 Å². The fourth-order valence-electron chi connectivity index (χ4n) is 3.12. The lowest BCUT2D eigenvalue weighted by Crippen LogP contribution is -2.38. The van der Waals surface area contributed by atoms with Crippen molar-refractivity contribution in [2.24, 2.45) is 0 Å². The van der Waals surface area contributed by atoms with Crippen LogP contribution in [0.4, 0.5) is 11.4 Å². The molecule has 0 saturated heterocycles. The van der Waals surface area contributed by atoms with Crippen LogP contribution in [0.15, 0.2) is 84.9 Å². The largest absolute Gasteiger partial charge is 0.349 e. The first kappa shape index (κ1) is 14.5. The van der Waals surface area contributed by atoms with Gasteiger partial charge in [-0.1, -0.05) is 54.6 Å². The Morgan fingerprint density at radius 1 is 0.667 bits per heavy atom. The predicted octanol–water partition coefficient (Wildman–Crippen LogP) is 4.31. The molecule has 1 aliphatic rings. The zero-order valence-corrected chi connectivity index (χ0v) is 13.3. The van der Waals surface area contributed by atoms with E-state index in [0.717, 1.165) is 29.0 Å². The molecular weight excluding hydrogens is 296 g/mol. The Labute approximate surface area is 141 Å². The van der Waals surface area contributed by atoms with Crippen LogP contribution in [0.2, 0.25) is 0 Å². The number of hydrogen-bond donors (Lipinski definition) is 0. The van der Waals surface area contributed by atoms with Crippen LogP contribution in [0.3, 0.4) is 0 Å². The molecule has 3 nitrogen and oxygen atoms in total. The SMILES string of the molecule is O=C1c2ccccc2CN(c2ccccc2)CN1c1ccccc1. The molecule has 0 bridgehead atoms. The number of amides is 1. The second-order valence-corrected chi connectivity index (χ2v) is 5.90. The van der Waals surface area contributed by atoms with Crippen molar-refractivity contribution in [2.75, 3.05) is 16.5 Å². The summed E-state index contributed by atoms with van der Waals surface area (Å²) in [5.74, 6) is 0.0511. The summed E-state index contributed by atoms with van der Waals surface area (Å²) >= 11 is 0. The molecule has 3 heteroatoms. The molecule has 3 aromatic rings. The van der Waals surface area contributed by atoms with E-state index in [9.17, 15) is 4.79 Å². The molecule has 4 rings (SSSR count). The molecule has 0 saturated carbocycles. The Bertz CT molecular complexity index is 846. The molecular formula is C21H18N2O. The highest BCUT2D eigenvalue weighted by Crippen LogP contribution is 2.27. The van der Waals surface area contributed by atoms with Gasteiger partial charge in [-0.3, -0.25) is 9.69 Å². The number of carbonyl (C=O) groups is 1. The summed E-state index contributed by atoms with van der Waals surface area (Å²) < 4.78 is 0. The molecule has 0 unspecified atom stereocenters. The molecule has 1 amide bonds. The lowest BCUT2D eigenvalue weighted by Gasteiger charge is -2.29. The summed E-state index contributed by atoms with van der Waals surface area (Å²) in [5, 5.41) is 0. The zero-order chi connectivity index (χ0) is 16.4. The molecule has 0 spiro atoms. The van der Waals surface area contributed by atoms with Crippen molar-refractivity contribution >= 4 is 17.3 Å². The van der Waals surface area contributed by atoms with Gasteiger partial charge in [0.05, 0.1) is 6.67 Å². The third-order valence-electron chi connectivity index (χ3n) is 4.36. The van der Waals surface area contributed by atoms with E-state index in [1.807, 2.05) is 77.7 Å². The van der Waals surface area contributed by atoms with Gasteiger partial charge >= 0.3 is 0 Å². The molecule has 24 heavy (non-hydrogen) atoms. The van der Waals surface area contributed by atoms with E-state index in [1.54, 1.807) is 0 Å². The Morgan fingerprint density at radius 3 is 1.96 bits per heavy atom. The number of benzene rings is 3. The van der Waals surface area contributed by atoms with Crippen LogP contribution in [0.5, 0.6) is 0 Å². The number of fused-ring (bicyclic) bond motifs is 1. The number of para-hydroxylation sites is 2. The first-order valence-corrected chi connectivity index (χ1v) is 8.08. The number of nitrogens with zero attached hydrogens (tertiary/aromatic N) is 2. The quantitative estimate of drug-likeness (QED) is 0.703. The van der Waals surface area contributed by atoms with Gasteiger partial charge in [0.2, 0.25) is 0 Å². The van der Waals surface area contributed by atoms with Crippen molar-refractivity contribution in [3.05, 3.63) is 96.1 Å². The molecule has 0 aliphatic carbocycles. The minimum Gasteiger partial charge on any atom is -0.349 e. The molecule has 0 aromatic heterocycles. The normalized spacial score (nSPS) is 14.2. The summed E-state index contributed by atoms with van der Waals surface area (Å²) in [7, 11) is 0. The van der Waals surface area contributed by atoms with Crippen molar-refractivity contribution in [3.8, 4) is 0 Å². The van der Waals surface area contributed by atoms with Gasteiger partial charge in [0.25, 0.3) is 5.91 Å². The van der Waals surface area contributed by atoms with Gasteiger partial charge < -0.3 is 4.90 Å². The van der Waals surface area contributed by atoms with Gasteiger partial charge in [-0.25, -0.2) is 0 Å². The minimum atomic E-state index is 0.0511. The van der Waals surface area contributed by atoms with Gasteiger partial charge in [0.15, 0.2) is 0 Å². The third-order valence-corrected chi connectivity index (χ3v) is 4.36. The van der Waals surface area contributed by atoms with Crippen molar-refractivity contribution in [1.82, 2.24) is 0 Å². The Hall–Kier alpha value is -3.07. The maximum atomic E-state index is 13.1. The van der Waals surface area contributed by atoms with Crippen LogP contribution in [-0.2, 0) is 6.54 Å². The van der Waals surface area contributed by atoms with Crippen molar-refractivity contribution in [1.29, 1.82) is 0 Å². The molecule has 0 radical (unpaired) electrons. The summed E-state index contributed by atoms with van der Waals surface area (Å²) in [4.78, 5) is 17.2. The minimum absolute atomic E-state index is 0.0511. The fraction of sp³-hybridized carbons (Fsp3) is 0.0952. The average Bonchev–Trinajstić information content (AvgIpc) is 2.80. The lowest BCUT2D eigenvalue weighted by molar-refractivity contribution is 0.0988. The highest BCUT2D eigenvalue weighted by molar-refractivity contribution is 6.07. The third kappa shape index (κ3) is 2.65. The average molecular weight is 314 g/mol. The molecule has 0 N–H and O–H groups in total. The maximum Gasteiger partial charge on any atom is 0.260 e. The first-order chi connectivity index (χ1) is 11.8. The van der Waals surface area contributed by atoms with Gasteiger partial charge in [-0.15, -0.1) is 0 Å². The Kier molecular flexibility index (Phi) is 3.75. The Morgan fingerprint density at radius 2 is 1.25 bits per heavy atom. The van der Waals surface area contributed by atoms with Crippen LogP contribution in [0, 0.1) is 0 Å². The molecule has 0 fully saturated rings. The number of rotatable bonds is 2. The first-order valence-electron chi connectivity index (χ1n) is 8.08. The van der Waals surface area contributed by atoms with Crippen LogP contribution >= 0.6 is 0 Å². The van der Waals surface area contributed by atoms with Gasteiger partial charge in [0.1, 0.15) is 0 Å². The number of carbonyl (C=O) groups excluding carboxylic acids is 1. The summed E-state index contributed by atoms with van der Waals surface area (Å²) in [6, 6.07) is 28.0. The highest BCUT2D eigenvalue weighted by Gasteiger charge is 2.27. The number of anilines is 2. The zero-order valence-electron chi connectivity index (χ0n) is 13.3. The van der Waals surface area contributed by atoms with Crippen molar-refractivity contribution in [3.63, 3.8) is 0 Å². The van der Waals surface area contributed by atoms with E-state index in [-0.39, 0.29) is 5.91 Å². The topological polar surface area (TPSA) is 23.6 Å². The van der Waals surface area contributed by atoms with E-state index in [1.165, 1.54) is 0 Å². The molecule has 1 aliphatic heterocycles. The van der Waals surface area contributed by atoms with E-state index in [4.69, 9.17) is 0 Å². The van der Waals surface area contributed by atoms with Gasteiger partial charge in [-0.05, 0) is 35.9 Å². The molecule has 118 valence electrons. The van der Waals surface area contributed by atoms with Crippen molar-refractivity contribution < 1.29 is 4.79 Å². The monoisotopic (exact) mass is 314 g/mol. The highest BCUT2D eigenvalue weighted by atomic mass is 16.2. The maximum absolute atomic E-state index is 13.1. The van der Waals surface area contributed by atoms with Gasteiger partial charge in [0, 0.05) is 23.5 Å². The molecule has 1 heterocycles. The predicted molar refractivity (Wildman–Crippen MR) is 97.2 cm³/mol. The van der Waals surface area contributed by atoms with Crippen LogP contribution in [-0.4, -0.2) is 12.6 Å². The lowest BCUT2D eigenvalue weighted by atomic mass is 10.1. The van der Waals surface area contributed by atoms with Crippen LogP contribution in [0.1, 0.15) is 15.9 Å². The van der Waals surface area contributed by atoms with E-state index in [2.05, 4.69) is 17.0 Å². The Balaban J connectivity index is 1.81. The van der Waals surface area contributed by atoms with Crippen LogP contribution in [0.25, 0.3) is 0 Å². The number of hydrogen-bond acceptors (Lipinski definition) is 2. The van der Waals surface area contributed by atoms with Crippen LogP contribution < -0.4 is 9.80 Å². The second kappa shape index (κ2) is 6.20. The smallest absolute Gasteiger partial charge is 0.260 e. The summed E-state index contributed by atoms with van der Waals surface area (Å²) in [6.45, 7) is 1.25. The molecule has 0 atom stereocenters. The second-order valence-electron chi connectivity index (χ2n) is 5.90.